The summed E-state index contributed by atoms with van der Waals surface area (Å²) in [6, 6.07) is 0. The number of nitrogens with one attached hydrogen (secondary N) is 1. The maximum absolute atomic E-state index is 12.0. The van der Waals surface area contributed by atoms with Crippen LogP contribution in [0.1, 0.15) is 47.5 Å². The number of hydrogen-bond donors (Lipinski definition) is 3. The van der Waals surface area contributed by atoms with E-state index in [0.29, 0.717) is 12.5 Å². The van der Waals surface area contributed by atoms with E-state index in [2.05, 4.69) is 26.1 Å². The molecule has 4 heteroatoms. The highest BCUT2D eigenvalue weighted by Gasteiger charge is 2.27. The van der Waals surface area contributed by atoms with Crippen molar-refractivity contribution in [3.05, 3.63) is 0 Å². The van der Waals surface area contributed by atoms with Crippen LogP contribution in [0.2, 0.25) is 0 Å². The number of carbonyl (C=O) groups is 1. The molecule has 0 saturated heterocycles. The Morgan fingerprint density at radius 3 is 2.29 bits per heavy atom. The standard InChI is InChI=1S/C13H28N2O2/c1-6-7-10(9(2)3)11(16)15-8-13(4,5)12(14)17/h9-10,12,17H,6-8,14H2,1-5H3,(H,15,16). The minimum atomic E-state index is -0.925. The summed E-state index contributed by atoms with van der Waals surface area (Å²) >= 11 is 0. The van der Waals surface area contributed by atoms with Gasteiger partial charge < -0.3 is 16.2 Å². The maximum atomic E-state index is 12.0. The molecule has 0 fully saturated rings. The summed E-state index contributed by atoms with van der Waals surface area (Å²) in [5, 5.41) is 12.3. The van der Waals surface area contributed by atoms with Gasteiger partial charge in [-0.3, -0.25) is 4.79 Å². The number of hydrogen-bond acceptors (Lipinski definition) is 3. The van der Waals surface area contributed by atoms with Crippen LogP contribution >= 0.6 is 0 Å². The molecule has 17 heavy (non-hydrogen) atoms. The second-order valence-corrected chi connectivity index (χ2v) is 5.79. The van der Waals surface area contributed by atoms with Gasteiger partial charge in [0.05, 0.1) is 0 Å². The van der Waals surface area contributed by atoms with E-state index >= 15 is 0 Å². The van der Waals surface area contributed by atoms with Crippen molar-refractivity contribution in [2.24, 2.45) is 23.0 Å². The fourth-order valence-electron chi connectivity index (χ4n) is 1.63. The van der Waals surface area contributed by atoms with Gasteiger partial charge in [0.2, 0.25) is 5.91 Å². The van der Waals surface area contributed by atoms with E-state index in [-0.39, 0.29) is 11.8 Å². The SMILES string of the molecule is CCCC(C(=O)NCC(C)(C)C(N)O)C(C)C. The lowest BCUT2D eigenvalue weighted by molar-refractivity contribution is -0.127. The molecule has 0 aromatic carbocycles. The van der Waals surface area contributed by atoms with Crippen molar-refractivity contribution in [1.29, 1.82) is 0 Å². The Hall–Kier alpha value is -0.610. The molecule has 0 aromatic heterocycles. The Morgan fingerprint density at radius 2 is 1.94 bits per heavy atom. The minimum absolute atomic E-state index is 0.0470. The molecule has 102 valence electrons. The highest BCUT2D eigenvalue weighted by Crippen LogP contribution is 2.19. The fraction of sp³-hybridized carbons (Fsp3) is 0.923. The Balaban J connectivity index is 4.33. The highest BCUT2D eigenvalue weighted by atomic mass is 16.3. The lowest BCUT2D eigenvalue weighted by atomic mass is 9.88. The molecular weight excluding hydrogens is 216 g/mol. The van der Waals surface area contributed by atoms with Gasteiger partial charge in [-0.25, -0.2) is 0 Å². The molecule has 0 saturated carbocycles. The second-order valence-electron chi connectivity index (χ2n) is 5.79. The zero-order valence-corrected chi connectivity index (χ0v) is 11.8. The predicted molar refractivity (Wildman–Crippen MR) is 70.2 cm³/mol. The van der Waals surface area contributed by atoms with Gasteiger partial charge in [0.25, 0.3) is 0 Å². The van der Waals surface area contributed by atoms with E-state index in [0.717, 1.165) is 12.8 Å². The third-order valence-electron chi connectivity index (χ3n) is 3.26. The molecule has 0 aromatic rings. The Labute approximate surface area is 105 Å². The van der Waals surface area contributed by atoms with Crippen molar-refractivity contribution in [3.8, 4) is 0 Å². The normalized spacial score (nSPS) is 15.8. The van der Waals surface area contributed by atoms with Crippen molar-refractivity contribution < 1.29 is 9.90 Å². The molecule has 0 spiro atoms. The first-order valence-electron chi connectivity index (χ1n) is 6.43. The number of carbonyl (C=O) groups excluding carboxylic acids is 1. The lowest BCUT2D eigenvalue weighted by Crippen LogP contribution is -2.47. The van der Waals surface area contributed by atoms with Crippen molar-refractivity contribution >= 4 is 5.91 Å². The Kier molecular flexibility index (Phi) is 6.72. The van der Waals surface area contributed by atoms with Gasteiger partial charge in [0.1, 0.15) is 6.23 Å². The largest absolute Gasteiger partial charge is 0.378 e. The average Bonchev–Trinajstić information content (AvgIpc) is 2.22. The number of rotatable bonds is 7. The molecule has 4 nitrogen and oxygen atoms in total. The third-order valence-corrected chi connectivity index (χ3v) is 3.26. The van der Waals surface area contributed by atoms with E-state index in [9.17, 15) is 9.90 Å². The van der Waals surface area contributed by atoms with E-state index in [1.807, 2.05) is 13.8 Å². The van der Waals surface area contributed by atoms with Crippen LogP contribution in [0.15, 0.2) is 0 Å². The van der Waals surface area contributed by atoms with Crippen LogP contribution in [0.25, 0.3) is 0 Å². The molecule has 0 aliphatic carbocycles. The summed E-state index contributed by atoms with van der Waals surface area (Å²) < 4.78 is 0. The van der Waals surface area contributed by atoms with E-state index in [1.165, 1.54) is 0 Å². The van der Waals surface area contributed by atoms with Crippen LogP contribution in [-0.4, -0.2) is 23.8 Å². The first-order valence-corrected chi connectivity index (χ1v) is 6.43. The number of amides is 1. The van der Waals surface area contributed by atoms with Gasteiger partial charge in [-0.2, -0.15) is 0 Å². The fourth-order valence-corrected chi connectivity index (χ4v) is 1.63. The first kappa shape index (κ1) is 16.4. The van der Waals surface area contributed by atoms with E-state index in [1.54, 1.807) is 0 Å². The van der Waals surface area contributed by atoms with Crippen molar-refractivity contribution in [3.63, 3.8) is 0 Å². The zero-order valence-electron chi connectivity index (χ0n) is 11.8. The van der Waals surface area contributed by atoms with Crippen molar-refractivity contribution in [2.75, 3.05) is 6.54 Å². The molecule has 4 N–H and O–H groups in total. The maximum Gasteiger partial charge on any atom is 0.223 e. The molecular formula is C13H28N2O2. The van der Waals surface area contributed by atoms with Crippen LogP contribution in [0, 0.1) is 17.3 Å². The van der Waals surface area contributed by atoms with E-state index in [4.69, 9.17) is 5.73 Å². The van der Waals surface area contributed by atoms with Gasteiger partial charge >= 0.3 is 0 Å². The van der Waals surface area contributed by atoms with Gasteiger partial charge in [-0.1, -0.05) is 41.0 Å². The summed E-state index contributed by atoms with van der Waals surface area (Å²) in [4.78, 5) is 12.0. The van der Waals surface area contributed by atoms with Crippen LogP contribution in [-0.2, 0) is 4.79 Å². The van der Waals surface area contributed by atoms with Gasteiger partial charge in [-0.15, -0.1) is 0 Å². The van der Waals surface area contributed by atoms with Crippen molar-refractivity contribution in [2.45, 2.75) is 53.7 Å². The molecule has 0 bridgehead atoms. The summed E-state index contributed by atoms with van der Waals surface area (Å²) in [7, 11) is 0. The molecule has 0 radical (unpaired) electrons. The Morgan fingerprint density at radius 1 is 1.41 bits per heavy atom. The van der Waals surface area contributed by atoms with Crippen molar-refractivity contribution in [1.82, 2.24) is 5.32 Å². The highest BCUT2D eigenvalue weighted by molar-refractivity contribution is 5.78. The lowest BCUT2D eigenvalue weighted by Gasteiger charge is -2.29. The second kappa shape index (κ2) is 6.97. The molecule has 0 aliphatic heterocycles. The molecule has 2 unspecified atom stereocenters. The number of aliphatic hydroxyl groups excluding tert-OH is 1. The number of aliphatic hydroxyl groups is 1. The average molecular weight is 244 g/mol. The third kappa shape index (κ3) is 5.50. The molecule has 0 heterocycles. The van der Waals surface area contributed by atoms with Gasteiger partial charge in [0.15, 0.2) is 0 Å². The molecule has 0 rings (SSSR count). The molecule has 1 amide bonds. The van der Waals surface area contributed by atoms with Crippen LogP contribution in [0.4, 0.5) is 0 Å². The summed E-state index contributed by atoms with van der Waals surface area (Å²) in [6.45, 7) is 10.3. The monoisotopic (exact) mass is 244 g/mol. The summed E-state index contributed by atoms with van der Waals surface area (Å²) in [5.41, 5.74) is 4.96. The van der Waals surface area contributed by atoms with Crippen LogP contribution in [0.5, 0.6) is 0 Å². The first-order chi connectivity index (χ1) is 7.72. The van der Waals surface area contributed by atoms with Crippen LogP contribution in [0.3, 0.4) is 0 Å². The number of nitrogens with two attached hydrogens (primary N) is 1. The quantitative estimate of drug-likeness (QED) is 0.594. The van der Waals surface area contributed by atoms with E-state index < -0.39 is 11.6 Å². The summed E-state index contributed by atoms with van der Waals surface area (Å²) in [5.74, 6) is 0.446. The molecule has 0 aliphatic rings. The summed E-state index contributed by atoms with van der Waals surface area (Å²) in [6.07, 6.45) is 0.973. The van der Waals surface area contributed by atoms with Gasteiger partial charge in [0, 0.05) is 17.9 Å². The van der Waals surface area contributed by atoms with Gasteiger partial charge in [-0.05, 0) is 12.3 Å². The topological polar surface area (TPSA) is 75.4 Å². The smallest absolute Gasteiger partial charge is 0.223 e. The van der Waals surface area contributed by atoms with Crippen LogP contribution < -0.4 is 11.1 Å². The Bertz CT molecular complexity index is 238. The zero-order chi connectivity index (χ0) is 13.6. The molecule has 2 atom stereocenters. The minimum Gasteiger partial charge on any atom is -0.378 e. The predicted octanol–water partition coefficient (Wildman–Crippen LogP) is 1.48.